The number of amides is 2. The number of benzene rings is 1. The Morgan fingerprint density at radius 1 is 1.41 bits per heavy atom. The van der Waals surface area contributed by atoms with Crippen LogP contribution >= 0.6 is 0 Å². The van der Waals surface area contributed by atoms with E-state index in [1.165, 1.54) is 0 Å². The molecule has 0 saturated heterocycles. The maximum atomic E-state index is 11.6. The first-order valence-electron chi connectivity index (χ1n) is 7.40. The Balaban J connectivity index is 1.82. The Labute approximate surface area is 130 Å². The number of carbonyl (C=O) groups excluding carboxylic acids is 2. The fourth-order valence-electron chi connectivity index (χ4n) is 2.22. The molecule has 2 N–H and O–H groups in total. The predicted octanol–water partition coefficient (Wildman–Crippen LogP) is 2.86. The molecule has 1 aliphatic rings. The minimum atomic E-state index is -0.482. The summed E-state index contributed by atoms with van der Waals surface area (Å²) in [5, 5.41) is 5.52. The molecule has 5 nitrogen and oxygen atoms in total. The minimum absolute atomic E-state index is 0.0168. The number of rotatable bonds is 4. The number of carbonyl (C=O) groups is 2. The van der Waals surface area contributed by atoms with Crippen LogP contribution in [0.1, 0.15) is 48.7 Å². The van der Waals surface area contributed by atoms with Crippen LogP contribution in [-0.4, -0.2) is 24.1 Å². The highest BCUT2D eigenvalue weighted by Crippen LogP contribution is 2.21. The number of alkyl carbamates (subject to hydrolysis) is 1. The number of fused-ring (bicyclic) bond motifs is 1. The quantitative estimate of drug-likeness (QED) is 0.840. The van der Waals surface area contributed by atoms with Gasteiger partial charge in [-0.2, -0.15) is 0 Å². The third-order valence-electron chi connectivity index (χ3n) is 3.16. The van der Waals surface area contributed by atoms with E-state index in [-0.39, 0.29) is 5.91 Å². The van der Waals surface area contributed by atoms with Crippen molar-refractivity contribution in [2.75, 3.05) is 6.54 Å². The van der Waals surface area contributed by atoms with Gasteiger partial charge in [-0.25, -0.2) is 4.79 Å². The SMILES string of the molecule is CC(C)(C)OC(=O)NCCC=Cc1cccc2c1CNC2=O. The highest BCUT2D eigenvalue weighted by molar-refractivity contribution is 5.99. The summed E-state index contributed by atoms with van der Waals surface area (Å²) in [5.74, 6) is -0.0168. The number of ether oxygens (including phenoxy) is 1. The molecule has 0 atom stereocenters. The summed E-state index contributed by atoms with van der Waals surface area (Å²) >= 11 is 0. The smallest absolute Gasteiger partial charge is 0.407 e. The van der Waals surface area contributed by atoms with Crippen molar-refractivity contribution in [3.63, 3.8) is 0 Å². The summed E-state index contributed by atoms with van der Waals surface area (Å²) in [7, 11) is 0. The first-order chi connectivity index (χ1) is 10.4. The van der Waals surface area contributed by atoms with Crippen molar-refractivity contribution in [1.29, 1.82) is 0 Å². The van der Waals surface area contributed by atoms with E-state index in [2.05, 4.69) is 10.6 Å². The number of hydrogen-bond acceptors (Lipinski definition) is 3. The Morgan fingerprint density at radius 2 is 2.18 bits per heavy atom. The molecule has 0 aromatic heterocycles. The van der Waals surface area contributed by atoms with E-state index in [0.29, 0.717) is 19.5 Å². The molecule has 0 spiro atoms. The van der Waals surface area contributed by atoms with Crippen LogP contribution in [0.4, 0.5) is 4.79 Å². The maximum Gasteiger partial charge on any atom is 0.407 e. The average molecular weight is 302 g/mol. The van der Waals surface area contributed by atoms with Crippen LogP contribution in [0.5, 0.6) is 0 Å². The van der Waals surface area contributed by atoms with E-state index in [4.69, 9.17) is 4.74 Å². The van der Waals surface area contributed by atoms with Crippen molar-refractivity contribution >= 4 is 18.1 Å². The Kier molecular flexibility index (Phi) is 4.85. The highest BCUT2D eigenvalue weighted by atomic mass is 16.6. The summed E-state index contributed by atoms with van der Waals surface area (Å²) in [5.41, 5.74) is 2.33. The largest absolute Gasteiger partial charge is 0.444 e. The van der Waals surface area contributed by atoms with Crippen LogP contribution in [0.25, 0.3) is 6.08 Å². The van der Waals surface area contributed by atoms with Crippen LogP contribution in [0.2, 0.25) is 0 Å². The van der Waals surface area contributed by atoms with Crippen LogP contribution in [0, 0.1) is 0 Å². The van der Waals surface area contributed by atoms with E-state index in [0.717, 1.165) is 16.7 Å². The molecule has 2 rings (SSSR count). The van der Waals surface area contributed by atoms with Crippen LogP contribution in [0.3, 0.4) is 0 Å². The zero-order valence-corrected chi connectivity index (χ0v) is 13.2. The number of nitrogens with one attached hydrogen (secondary N) is 2. The maximum absolute atomic E-state index is 11.6. The van der Waals surface area contributed by atoms with Gasteiger partial charge in [-0.1, -0.05) is 24.3 Å². The lowest BCUT2D eigenvalue weighted by molar-refractivity contribution is 0.0528. The molecule has 118 valence electrons. The first kappa shape index (κ1) is 16.1. The van der Waals surface area contributed by atoms with Gasteiger partial charge in [-0.3, -0.25) is 4.79 Å². The fourth-order valence-corrected chi connectivity index (χ4v) is 2.22. The van der Waals surface area contributed by atoms with Gasteiger partial charge in [-0.05, 0) is 44.4 Å². The van der Waals surface area contributed by atoms with Crippen LogP contribution in [-0.2, 0) is 11.3 Å². The molecule has 0 saturated carbocycles. The van der Waals surface area contributed by atoms with Crippen LogP contribution in [0.15, 0.2) is 24.3 Å². The van der Waals surface area contributed by atoms with Gasteiger partial charge in [0.2, 0.25) is 0 Å². The fraction of sp³-hybridized carbons (Fsp3) is 0.412. The molecular formula is C17H22N2O3. The second-order valence-electron chi connectivity index (χ2n) is 6.18. The molecular weight excluding hydrogens is 280 g/mol. The van der Waals surface area contributed by atoms with E-state index >= 15 is 0 Å². The zero-order valence-electron chi connectivity index (χ0n) is 13.2. The topological polar surface area (TPSA) is 67.4 Å². The van der Waals surface area contributed by atoms with E-state index in [1.807, 2.05) is 51.1 Å². The molecule has 0 fully saturated rings. The normalized spacial score (nSPS) is 13.9. The van der Waals surface area contributed by atoms with Gasteiger partial charge < -0.3 is 15.4 Å². The minimum Gasteiger partial charge on any atom is -0.444 e. The molecule has 0 bridgehead atoms. The number of hydrogen-bond donors (Lipinski definition) is 2. The highest BCUT2D eigenvalue weighted by Gasteiger charge is 2.19. The first-order valence-corrected chi connectivity index (χ1v) is 7.40. The molecule has 1 aromatic carbocycles. The molecule has 1 aromatic rings. The van der Waals surface area contributed by atoms with Crippen LogP contribution < -0.4 is 10.6 Å². The van der Waals surface area contributed by atoms with Crippen molar-refractivity contribution in [2.45, 2.75) is 39.3 Å². The van der Waals surface area contributed by atoms with Gasteiger partial charge in [0.25, 0.3) is 5.91 Å². The predicted molar refractivity (Wildman–Crippen MR) is 85.5 cm³/mol. The molecule has 5 heteroatoms. The van der Waals surface area contributed by atoms with Crippen molar-refractivity contribution in [2.24, 2.45) is 0 Å². The Hall–Kier alpha value is -2.30. The second kappa shape index (κ2) is 6.64. The van der Waals surface area contributed by atoms with Crippen molar-refractivity contribution < 1.29 is 14.3 Å². The third-order valence-corrected chi connectivity index (χ3v) is 3.16. The molecule has 0 unspecified atom stereocenters. The Morgan fingerprint density at radius 3 is 2.91 bits per heavy atom. The molecule has 0 aliphatic carbocycles. The van der Waals surface area contributed by atoms with E-state index in [1.54, 1.807) is 0 Å². The van der Waals surface area contributed by atoms with Gasteiger partial charge in [0, 0.05) is 18.7 Å². The molecule has 2 amide bonds. The van der Waals surface area contributed by atoms with Gasteiger partial charge in [0.1, 0.15) is 5.60 Å². The molecule has 0 radical (unpaired) electrons. The lowest BCUT2D eigenvalue weighted by atomic mass is 10.0. The zero-order chi connectivity index (χ0) is 16.2. The monoisotopic (exact) mass is 302 g/mol. The standard InChI is InChI=1S/C17H22N2O3/c1-17(2,3)22-16(21)18-10-5-4-7-12-8-6-9-13-14(12)11-19-15(13)20/h4,6-9H,5,10-11H2,1-3H3,(H,18,21)(H,19,20). The van der Waals surface area contributed by atoms with Gasteiger partial charge in [0.15, 0.2) is 0 Å². The summed E-state index contributed by atoms with van der Waals surface area (Å²) in [6.45, 7) is 6.58. The van der Waals surface area contributed by atoms with Gasteiger partial charge in [0.05, 0.1) is 0 Å². The van der Waals surface area contributed by atoms with Gasteiger partial charge >= 0.3 is 6.09 Å². The van der Waals surface area contributed by atoms with E-state index < -0.39 is 11.7 Å². The van der Waals surface area contributed by atoms with E-state index in [9.17, 15) is 9.59 Å². The van der Waals surface area contributed by atoms with Crippen molar-refractivity contribution in [3.8, 4) is 0 Å². The van der Waals surface area contributed by atoms with Crippen molar-refractivity contribution in [3.05, 3.63) is 41.0 Å². The summed E-state index contributed by atoms with van der Waals surface area (Å²) in [4.78, 5) is 23.1. The van der Waals surface area contributed by atoms with Gasteiger partial charge in [-0.15, -0.1) is 0 Å². The molecule has 1 heterocycles. The lowest BCUT2D eigenvalue weighted by Gasteiger charge is -2.19. The van der Waals surface area contributed by atoms with Crippen molar-refractivity contribution in [1.82, 2.24) is 10.6 Å². The molecule has 22 heavy (non-hydrogen) atoms. The average Bonchev–Trinajstić information content (AvgIpc) is 2.79. The lowest BCUT2D eigenvalue weighted by Crippen LogP contribution is -2.32. The summed E-state index contributed by atoms with van der Waals surface area (Å²) < 4.78 is 5.15. The summed E-state index contributed by atoms with van der Waals surface area (Å²) in [6.07, 6.45) is 4.26. The molecule has 1 aliphatic heterocycles. The Bertz CT molecular complexity index is 600. The summed E-state index contributed by atoms with van der Waals surface area (Å²) in [6, 6.07) is 5.69. The third kappa shape index (κ3) is 4.35. The second-order valence-corrected chi connectivity index (χ2v) is 6.18.